The molecule has 0 amide bonds. The van der Waals surface area contributed by atoms with Gasteiger partial charge in [-0.05, 0) is 55.0 Å². The molecule has 1 aromatic rings. The average molecular weight is 291 g/mol. The number of nitrogens with one attached hydrogen (secondary N) is 1. The molecule has 1 atom stereocenters. The van der Waals surface area contributed by atoms with Crippen molar-refractivity contribution in [3.05, 3.63) is 23.3 Å². The first-order valence-corrected chi connectivity index (χ1v) is 8.01. The smallest absolute Gasteiger partial charge is 0.161 e. The highest BCUT2D eigenvalue weighted by Crippen LogP contribution is 2.49. The lowest BCUT2D eigenvalue weighted by Crippen LogP contribution is -2.35. The molecule has 1 unspecified atom stereocenters. The molecule has 1 fully saturated rings. The van der Waals surface area contributed by atoms with Gasteiger partial charge in [-0.25, -0.2) is 0 Å². The highest BCUT2D eigenvalue weighted by atomic mass is 16.5. The van der Waals surface area contributed by atoms with Crippen molar-refractivity contribution < 1.29 is 9.47 Å². The molecule has 0 aromatic heterocycles. The van der Waals surface area contributed by atoms with Gasteiger partial charge in [-0.3, -0.25) is 0 Å². The zero-order valence-corrected chi connectivity index (χ0v) is 14.1. The van der Waals surface area contributed by atoms with Crippen molar-refractivity contribution in [3.63, 3.8) is 0 Å². The molecular formula is C18H29NO2. The SMILES string of the molecule is CCNC(c1cc(OC)c(OC)cc1C)C1(C)CCCC1. The summed E-state index contributed by atoms with van der Waals surface area (Å²) in [5.41, 5.74) is 2.95. The second-order valence-electron chi connectivity index (χ2n) is 6.42. The van der Waals surface area contributed by atoms with Crippen LogP contribution < -0.4 is 14.8 Å². The van der Waals surface area contributed by atoms with Crippen molar-refractivity contribution in [1.29, 1.82) is 0 Å². The highest BCUT2D eigenvalue weighted by molar-refractivity contribution is 5.48. The molecule has 2 rings (SSSR count). The maximum Gasteiger partial charge on any atom is 0.161 e. The van der Waals surface area contributed by atoms with Crippen LogP contribution in [0.3, 0.4) is 0 Å². The van der Waals surface area contributed by atoms with Crippen LogP contribution in [-0.4, -0.2) is 20.8 Å². The van der Waals surface area contributed by atoms with Crippen LogP contribution in [0.4, 0.5) is 0 Å². The number of benzene rings is 1. The van der Waals surface area contributed by atoms with Crippen LogP contribution in [0, 0.1) is 12.3 Å². The number of aryl methyl sites for hydroxylation is 1. The van der Waals surface area contributed by atoms with Crippen LogP contribution in [0.25, 0.3) is 0 Å². The van der Waals surface area contributed by atoms with Crippen molar-refractivity contribution in [1.82, 2.24) is 5.32 Å². The lowest BCUT2D eigenvalue weighted by molar-refractivity contribution is 0.224. The van der Waals surface area contributed by atoms with Gasteiger partial charge in [0.1, 0.15) is 0 Å². The molecule has 1 N–H and O–H groups in total. The van der Waals surface area contributed by atoms with Gasteiger partial charge in [0.05, 0.1) is 14.2 Å². The summed E-state index contributed by atoms with van der Waals surface area (Å²) in [5, 5.41) is 3.71. The molecule has 0 bridgehead atoms. The van der Waals surface area contributed by atoms with Crippen LogP contribution in [-0.2, 0) is 0 Å². The van der Waals surface area contributed by atoms with E-state index in [4.69, 9.17) is 9.47 Å². The summed E-state index contributed by atoms with van der Waals surface area (Å²) < 4.78 is 10.9. The molecule has 0 spiro atoms. The molecule has 1 aromatic carbocycles. The minimum Gasteiger partial charge on any atom is -0.493 e. The van der Waals surface area contributed by atoms with Crippen LogP contribution in [0.5, 0.6) is 11.5 Å². The van der Waals surface area contributed by atoms with Crippen molar-refractivity contribution in [2.45, 2.75) is 52.5 Å². The highest BCUT2D eigenvalue weighted by Gasteiger charge is 2.38. The van der Waals surface area contributed by atoms with E-state index in [1.807, 2.05) is 0 Å². The molecule has 1 saturated carbocycles. The summed E-state index contributed by atoms with van der Waals surface area (Å²) in [5.74, 6) is 1.63. The minimum atomic E-state index is 0.334. The van der Waals surface area contributed by atoms with Crippen LogP contribution >= 0.6 is 0 Å². The number of rotatable bonds is 6. The summed E-state index contributed by atoms with van der Waals surface area (Å²) in [6.45, 7) is 7.75. The Balaban J connectivity index is 2.44. The number of hydrogen-bond acceptors (Lipinski definition) is 3. The summed E-state index contributed by atoms with van der Waals surface area (Å²) in [6.07, 6.45) is 5.26. The van der Waals surface area contributed by atoms with E-state index < -0.39 is 0 Å². The molecule has 0 heterocycles. The van der Waals surface area contributed by atoms with Crippen LogP contribution in [0.15, 0.2) is 12.1 Å². The van der Waals surface area contributed by atoms with Crippen molar-refractivity contribution in [3.8, 4) is 11.5 Å². The summed E-state index contributed by atoms with van der Waals surface area (Å²) in [4.78, 5) is 0. The van der Waals surface area contributed by atoms with Gasteiger partial charge in [-0.1, -0.05) is 26.7 Å². The molecule has 3 nitrogen and oxygen atoms in total. The fourth-order valence-corrected chi connectivity index (χ4v) is 3.71. The first-order valence-electron chi connectivity index (χ1n) is 8.01. The molecule has 0 aliphatic heterocycles. The van der Waals surface area contributed by atoms with Gasteiger partial charge in [0.2, 0.25) is 0 Å². The van der Waals surface area contributed by atoms with E-state index in [9.17, 15) is 0 Å². The standard InChI is InChI=1S/C18H29NO2/c1-6-19-17(18(3)9-7-8-10-18)14-12-16(21-5)15(20-4)11-13(14)2/h11-12,17,19H,6-10H2,1-5H3. The number of hydrogen-bond donors (Lipinski definition) is 1. The third-order valence-corrected chi connectivity index (χ3v) is 4.93. The molecule has 1 aliphatic carbocycles. The molecule has 21 heavy (non-hydrogen) atoms. The van der Waals surface area contributed by atoms with Crippen molar-refractivity contribution in [2.75, 3.05) is 20.8 Å². The quantitative estimate of drug-likeness (QED) is 0.850. The van der Waals surface area contributed by atoms with Crippen LogP contribution in [0.2, 0.25) is 0 Å². The van der Waals surface area contributed by atoms with Gasteiger partial charge in [0.15, 0.2) is 11.5 Å². The molecule has 1 aliphatic rings. The Morgan fingerprint density at radius 3 is 2.24 bits per heavy atom. The molecular weight excluding hydrogens is 262 g/mol. The maximum atomic E-state index is 5.50. The first-order chi connectivity index (χ1) is 10.1. The predicted octanol–water partition coefficient (Wildman–Crippen LogP) is 4.24. The third kappa shape index (κ3) is 3.18. The molecule has 0 radical (unpaired) electrons. The zero-order chi connectivity index (χ0) is 15.5. The van der Waals surface area contributed by atoms with E-state index in [2.05, 4.69) is 38.2 Å². The fraction of sp³-hybridized carbons (Fsp3) is 0.667. The largest absolute Gasteiger partial charge is 0.493 e. The monoisotopic (exact) mass is 291 g/mol. The Kier molecular flexibility index (Phi) is 5.15. The van der Waals surface area contributed by atoms with E-state index in [0.717, 1.165) is 18.0 Å². The lowest BCUT2D eigenvalue weighted by atomic mass is 9.76. The van der Waals surface area contributed by atoms with Gasteiger partial charge in [0.25, 0.3) is 0 Å². The van der Waals surface area contributed by atoms with Crippen molar-refractivity contribution >= 4 is 0 Å². The predicted molar refractivity (Wildman–Crippen MR) is 87.3 cm³/mol. The average Bonchev–Trinajstić information content (AvgIpc) is 2.92. The topological polar surface area (TPSA) is 30.5 Å². The molecule has 0 saturated heterocycles. The van der Waals surface area contributed by atoms with Gasteiger partial charge < -0.3 is 14.8 Å². The van der Waals surface area contributed by atoms with E-state index in [1.165, 1.54) is 36.8 Å². The van der Waals surface area contributed by atoms with Crippen LogP contribution in [0.1, 0.15) is 56.7 Å². The molecule has 3 heteroatoms. The Bertz CT molecular complexity index is 478. The Morgan fingerprint density at radius 2 is 1.71 bits per heavy atom. The third-order valence-electron chi connectivity index (χ3n) is 4.93. The van der Waals surface area contributed by atoms with E-state index in [0.29, 0.717) is 11.5 Å². The fourth-order valence-electron chi connectivity index (χ4n) is 3.71. The maximum absolute atomic E-state index is 5.50. The minimum absolute atomic E-state index is 0.334. The summed E-state index contributed by atoms with van der Waals surface area (Å²) >= 11 is 0. The van der Waals surface area contributed by atoms with E-state index in [1.54, 1.807) is 14.2 Å². The van der Waals surface area contributed by atoms with Gasteiger partial charge in [-0.2, -0.15) is 0 Å². The Morgan fingerprint density at radius 1 is 1.14 bits per heavy atom. The van der Waals surface area contributed by atoms with E-state index >= 15 is 0 Å². The lowest BCUT2D eigenvalue weighted by Gasteiger charge is -2.36. The molecule has 118 valence electrons. The van der Waals surface area contributed by atoms with Gasteiger partial charge in [-0.15, -0.1) is 0 Å². The summed E-state index contributed by atoms with van der Waals surface area (Å²) in [6, 6.07) is 4.63. The van der Waals surface area contributed by atoms with Gasteiger partial charge >= 0.3 is 0 Å². The zero-order valence-electron chi connectivity index (χ0n) is 14.1. The Hall–Kier alpha value is -1.22. The number of ether oxygens (including phenoxy) is 2. The number of methoxy groups -OCH3 is 2. The Labute approximate surface area is 129 Å². The van der Waals surface area contributed by atoms with E-state index in [-0.39, 0.29) is 0 Å². The summed E-state index contributed by atoms with van der Waals surface area (Å²) in [7, 11) is 3.40. The second kappa shape index (κ2) is 6.69. The first kappa shape index (κ1) is 16.2. The van der Waals surface area contributed by atoms with Gasteiger partial charge in [0, 0.05) is 6.04 Å². The normalized spacial score (nSPS) is 18.5. The second-order valence-corrected chi connectivity index (χ2v) is 6.42. The van der Waals surface area contributed by atoms with Crippen molar-refractivity contribution in [2.24, 2.45) is 5.41 Å².